The zero-order chi connectivity index (χ0) is 33.9. The summed E-state index contributed by atoms with van der Waals surface area (Å²) >= 11 is 0. The van der Waals surface area contributed by atoms with Gasteiger partial charge in [-0.1, -0.05) is 231 Å². The van der Waals surface area contributed by atoms with Gasteiger partial charge in [0.15, 0.2) is 0 Å². The number of benzene rings is 7. The second-order valence-electron chi connectivity index (χ2n) is 12.6. The van der Waals surface area contributed by atoms with Crippen LogP contribution in [0.4, 0.5) is 0 Å². The number of hydrogen-bond donors (Lipinski definition) is 0. The summed E-state index contributed by atoms with van der Waals surface area (Å²) in [4.78, 5) is 0. The fraction of sp³-hybridized carbons (Fsp3) is 0.0400. The summed E-state index contributed by atoms with van der Waals surface area (Å²) in [6.07, 6.45) is 8.30. The van der Waals surface area contributed by atoms with Crippen LogP contribution in [0.5, 0.6) is 0 Å². The SMILES string of the molecule is C(=C(c1ccccc1)c1ccccc1)C(C=C(c1ccccc1)c1ccccc1)(C=C(c1ccccc1)c1ccccc1)Cc1ccccc1. The van der Waals surface area contributed by atoms with Gasteiger partial charge in [0.2, 0.25) is 0 Å². The van der Waals surface area contributed by atoms with Crippen LogP contribution in [0.2, 0.25) is 0 Å². The maximum atomic E-state index is 2.52. The van der Waals surface area contributed by atoms with Crippen LogP contribution in [-0.2, 0) is 6.42 Å². The van der Waals surface area contributed by atoms with E-state index in [1.54, 1.807) is 0 Å². The minimum atomic E-state index is -0.593. The molecule has 0 radical (unpaired) electrons. The predicted molar refractivity (Wildman–Crippen MR) is 212 cm³/mol. The highest BCUT2D eigenvalue weighted by molar-refractivity contribution is 5.87. The molecule has 0 heteroatoms. The van der Waals surface area contributed by atoms with Crippen molar-refractivity contribution >= 4 is 16.7 Å². The zero-order valence-corrected chi connectivity index (χ0v) is 28.1. The van der Waals surface area contributed by atoms with Gasteiger partial charge in [0.1, 0.15) is 0 Å². The van der Waals surface area contributed by atoms with Crippen molar-refractivity contribution in [3.8, 4) is 0 Å². The van der Waals surface area contributed by atoms with Gasteiger partial charge in [-0.2, -0.15) is 0 Å². The number of rotatable bonds is 11. The highest BCUT2D eigenvalue weighted by atomic mass is 14.3. The fourth-order valence-electron chi connectivity index (χ4n) is 6.74. The molecule has 7 rings (SSSR count). The summed E-state index contributed by atoms with van der Waals surface area (Å²) in [5.74, 6) is 0. The van der Waals surface area contributed by atoms with Crippen molar-refractivity contribution in [2.24, 2.45) is 5.41 Å². The second kappa shape index (κ2) is 15.8. The third kappa shape index (κ3) is 7.89. The lowest BCUT2D eigenvalue weighted by Crippen LogP contribution is -2.19. The van der Waals surface area contributed by atoms with Gasteiger partial charge in [-0.15, -0.1) is 0 Å². The summed E-state index contributed by atoms with van der Waals surface area (Å²) in [7, 11) is 0. The molecule has 0 heterocycles. The molecule has 0 nitrogen and oxygen atoms in total. The molecule has 0 aliphatic carbocycles. The van der Waals surface area contributed by atoms with E-state index >= 15 is 0 Å². The molecule has 0 N–H and O–H groups in total. The van der Waals surface area contributed by atoms with Crippen LogP contribution in [-0.4, -0.2) is 0 Å². The summed E-state index contributed by atoms with van der Waals surface area (Å²) < 4.78 is 0. The van der Waals surface area contributed by atoms with Crippen molar-refractivity contribution < 1.29 is 0 Å². The standard InChI is InChI=1S/C50H40/c1-8-22-40(23-9-1)36-50(37-47(41-24-10-2-11-25-41)42-26-12-3-13-27-42,38-48(43-28-14-4-15-29-43)44-30-16-5-17-31-44)39-49(45-32-18-6-19-33-45)46-34-20-7-21-35-46/h1-35,37-39H,36H2. The summed E-state index contributed by atoms with van der Waals surface area (Å²) in [5, 5.41) is 0. The van der Waals surface area contributed by atoms with Crippen molar-refractivity contribution in [2.75, 3.05) is 0 Å². The van der Waals surface area contributed by atoms with Gasteiger partial charge in [-0.3, -0.25) is 0 Å². The average Bonchev–Trinajstić information content (AvgIpc) is 3.20. The lowest BCUT2D eigenvalue weighted by atomic mass is 9.73. The van der Waals surface area contributed by atoms with Crippen LogP contribution in [0.3, 0.4) is 0 Å². The lowest BCUT2D eigenvalue weighted by Gasteiger charge is -2.30. The largest absolute Gasteiger partial charge is 0.0622 e. The molecule has 0 amide bonds. The van der Waals surface area contributed by atoms with Gasteiger partial charge in [-0.25, -0.2) is 0 Å². The van der Waals surface area contributed by atoms with Crippen LogP contribution in [0.1, 0.15) is 38.9 Å². The molecule has 0 aromatic heterocycles. The Balaban J connectivity index is 1.63. The molecular formula is C50H40. The molecule has 0 fully saturated rings. The molecule has 0 unspecified atom stereocenters. The Morgan fingerprint density at radius 2 is 0.480 bits per heavy atom. The Kier molecular flexibility index (Phi) is 10.2. The Labute approximate surface area is 297 Å². The fourth-order valence-corrected chi connectivity index (χ4v) is 6.74. The van der Waals surface area contributed by atoms with E-state index in [0.717, 1.165) is 6.42 Å². The van der Waals surface area contributed by atoms with Gasteiger partial charge < -0.3 is 0 Å². The topological polar surface area (TPSA) is 0 Å². The molecule has 240 valence electrons. The van der Waals surface area contributed by atoms with E-state index in [-0.39, 0.29) is 0 Å². The van der Waals surface area contributed by atoms with Gasteiger partial charge in [-0.05, 0) is 62.1 Å². The average molecular weight is 641 g/mol. The molecule has 0 saturated carbocycles. The maximum Gasteiger partial charge on any atom is 0.0309 e. The summed E-state index contributed by atoms with van der Waals surface area (Å²) in [6, 6.07) is 75.8. The van der Waals surface area contributed by atoms with Crippen LogP contribution >= 0.6 is 0 Å². The molecule has 7 aromatic carbocycles. The molecule has 0 bridgehead atoms. The minimum Gasteiger partial charge on any atom is -0.0622 e. The van der Waals surface area contributed by atoms with E-state index < -0.39 is 5.41 Å². The van der Waals surface area contributed by atoms with Crippen LogP contribution < -0.4 is 0 Å². The third-order valence-electron chi connectivity index (χ3n) is 9.10. The maximum absolute atomic E-state index is 2.52. The Morgan fingerprint density at radius 1 is 0.280 bits per heavy atom. The van der Waals surface area contributed by atoms with Crippen LogP contribution in [0.15, 0.2) is 231 Å². The molecule has 50 heavy (non-hydrogen) atoms. The third-order valence-corrected chi connectivity index (χ3v) is 9.10. The molecule has 0 aliphatic rings. The Hall–Kier alpha value is -6.24. The smallest absolute Gasteiger partial charge is 0.0309 e. The number of allylic oxidation sites excluding steroid dienone is 3. The lowest BCUT2D eigenvalue weighted by molar-refractivity contribution is 0.628. The normalized spacial score (nSPS) is 10.9. The van der Waals surface area contributed by atoms with E-state index in [1.807, 2.05) is 0 Å². The van der Waals surface area contributed by atoms with E-state index in [0.29, 0.717) is 0 Å². The van der Waals surface area contributed by atoms with Gasteiger partial charge in [0.25, 0.3) is 0 Å². The monoisotopic (exact) mass is 640 g/mol. The van der Waals surface area contributed by atoms with E-state index in [9.17, 15) is 0 Å². The number of hydrogen-bond acceptors (Lipinski definition) is 0. The van der Waals surface area contributed by atoms with Crippen LogP contribution in [0.25, 0.3) is 16.7 Å². The Bertz CT molecular complexity index is 1810. The van der Waals surface area contributed by atoms with Crippen molar-refractivity contribution in [3.05, 3.63) is 269 Å². The highest BCUT2D eigenvalue weighted by Gasteiger charge is 2.28. The Morgan fingerprint density at radius 3 is 0.700 bits per heavy atom. The molecule has 7 aromatic rings. The van der Waals surface area contributed by atoms with Crippen molar-refractivity contribution in [1.82, 2.24) is 0 Å². The van der Waals surface area contributed by atoms with E-state index in [4.69, 9.17) is 0 Å². The molecular weight excluding hydrogens is 601 g/mol. The highest BCUT2D eigenvalue weighted by Crippen LogP contribution is 2.42. The van der Waals surface area contributed by atoms with Crippen molar-refractivity contribution in [3.63, 3.8) is 0 Å². The van der Waals surface area contributed by atoms with E-state index in [2.05, 4.69) is 231 Å². The summed E-state index contributed by atoms with van der Waals surface area (Å²) in [6.45, 7) is 0. The van der Waals surface area contributed by atoms with E-state index in [1.165, 1.54) is 55.7 Å². The quantitative estimate of drug-likeness (QED) is 0.132. The van der Waals surface area contributed by atoms with Gasteiger partial charge >= 0.3 is 0 Å². The molecule has 0 aliphatic heterocycles. The summed E-state index contributed by atoms with van der Waals surface area (Å²) in [5.41, 5.74) is 11.3. The first-order chi connectivity index (χ1) is 24.8. The molecule has 0 saturated heterocycles. The van der Waals surface area contributed by atoms with Crippen LogP contribution in [0, 0.1) is 5.41 Å². The predicted octanol–water partition coefficient (Wildman–Crippen LogP) is 12.6. The first-order valence-electron chi connectivity index (χ1n) is 17.3. The first-order valence-corrected chi connectivity index (χ1v) is 17.3. The van der Waals surface area contributed by atoms with Gasteiger partial charge in [0.05, 0.1) is 0 Å². The first kappa shape index (κ1) is 32.3. The van der Waals surface area contributed by atoms with Crippen molar-refractivity contribution in [2.45, 2.75) is 6.42 Å². The van der Waals surface area contributed by atoms with Crippen molar-refractivity contribution in [1.29, 1.82) is 0 Å². The minimum absolute atomic E-state index is 0.593. The zero-order valence-electron chi connectivity index (χ0n) is 28.1. The molecule has 0 atom stereocenters. The second-order valence-corrected chi connectivity index (χ2v) is 12.6. The van der Waals surface area contributed by atoms with Gasteiger partial charge in [0, 0.05) is 5.41 Å². The molecule has 0 spiro atoms.